The van der Waals surface area contributed by atoms with Crippen molar-refractivity contribution in [2.24, 2.45) is 7.05 Å². The predicted molar refractivity (Wildman–Crippen MR) is 78.7 cm³/mol. The van der Waals surface area contributed by atoms with Crippen molar-refractivity contribution in [3.63, 3.8) is 0 Å². The third-order valence-corrected chi connectivity index (χ3v) is 4.11. The van der Waals surface area contributed by atoms with Crippen molar-refractivity contribution >= 4 is 34.3 Å². The van der Waals surface area contributed by atoms with E-state index in [9.17, 15) is 5.26 Å². The smallest absolute Gasteiger partial charge is 0.226 e. The molecule has 0 spiro atoms. The van der Waals surface area contributed by atoms with Gasteiger partial charge in [-0.3, -0.25) is 0 Å². The number of rotatable bonds is 1. The minimum Gasteiger partial charge on any atom is -0.383 e. The van der Waals surface area contributed by atoms with Gasteiger partial charge in [0.1, 0.15) is 28.9 Å². The second-order valence-electron chi connectivity index (χ2n) is 5.13. The molecule has 3 heterocycles. The Kier molecular flexibility index (Phi) is 2.94. The van der Waals surface area contributed by atoms with Crippen molar-refractivity contribution in [1.29, 1.82) is 5.26 Å². The first-order chi connectivity index (χ1) is 9.54. The number of nitriles is 1. The molecule has 0 amide bonds. The third-order valence-electron chi connectivity index (χ3n) is 3.94. The van der Waals surface area contributed by atoms with Crippen LogP contribution in [0.3, 0.4) is 0 Å². The molecule has 2 aromatic rings. The molecule has 1 atom stereocenters. The van der Waals surface area contributed by atoms with Crippen LogP contribution >= 0.6 is 11.6 Å². The van der Waals surface area contributed by atoms with Crippen LogP contribution in [-0.2, 0) is 7.05 Å². The van der Waals surface area contributed by atoms with Crippen molar-refractivity contribution in [2.75, 3.05) is 17.2 Å². The first-order valence-electron chi connectivity index (χ1n) is 6.52. The second-order valence-corrected chi connectivity index (χ2v) is 5.47. The number of nitrogen functional groups attached to an aromatic ring is 1. The Labute approximate surface area is 121 Å². The summed E-state index contributed by atoms with van der Waals surface area (Å²) in [4.78, 5) is 10.4. The van der Waals surface area contributed by atoms with Gasteiger partial charge in [-0.25, -0.2) is 4.98 Å². The van der Waals surface area contributed by atoms with E-state index in [0.29, 0.717) is 22.6 Å². The molecule has 20 heavy (non-hydrogen) atoms. The van der Waals surface area contributed by atoms with Crippen LogP contribution in [0.2, 0.25) is 5.28 Å². The van der Waals surface area contributed by atoms with Gasteiger partial charge in [-0.05, 0) is 31.4 Å². The molecule has 0 bridgehead atoms. The Hall–Kier alpha value is -2.00. The molecule has 0 unspecified atom stereocenters. The molecule has 104 valence electrons. The van der Waals surface area contributed by atoms with Gasteiger partial charge in [0.15, 0.2) is 0 Å². The molecule has 0 radical (unpaired) electrons. The highest BCUT2D eigenvalue weighted by Gasteiger charge is 2.29. The van der Waals surface area contributed by atoms with Crippen LogP contribution in [0.1, 0.15) is 25.3 Å². The first kappa shape index (κ1) is 13.0. The van der Waals surface area contributed by atoms with Crippen molar-refractivity contribution < 1.29 is 0 Å². The van der Waals surface area contributed by atoms with Gasteiger partial charge in [-0.15, -0.1) is 0 Å². The lowest BCUT2D eigenvalue weighted by molar-refractivity contribution is 0.712. The topological polar surface area (TPSA) is 83.8 Å². The largest absolute Gasteiger partial charge is 0.383 e. The van der Waals surface area contributed by atoms with Gasteiger partial charge in [0.05, 0.1) is 5.39 Å². The number of aromatic nitrogens is 3. The minimum absolute atomic E-state index is 0.0983. The molecule has 1 fully saturated rings. The Morgan fingerprint density at radius 2 is 2.20 bits per heavy atom. The molecule has 1 aliphatic rings. The second kappa shape index (κ2) is 4.53. The van der Waals surface area contributed by atoms with E-state index in [1.165, 1.54) is 0 Å². The van der Waals surface area contributed by atoms with Crippen molar-refractivity contribution in [1.82, 2.24) is 14.5 Å². The minimum atomic E-state index is 0.0983. The lowest BCUT2D eigenvalue weighted by atomic mass is 10.2. The van der Waals surface area contributed by atoms with Crippen LogP contribution in [0.25, 0.3) is 11.0 Å². The maximum absolute atomic E-state index is 9.54. The van der Waals surface area contributed by atoms with E-state index in [4.69, 9.17) is 17.3 Å². The zero-order chi connectivity index (χ0) is 14.4. The molecule has 1 saturated heterocycles. The summed E-state index contributed by atoms with van der Waals surface area (Å²) in [7, 11) is 1.88. The molecule has 0 aliphatic carbocycles. The number of nitrogens with two attached hydrogens (primary N) is 1. The summed E-state index contributed by atoms with van der Waals surface area (Å²) in [6.45, 7) is 3.09. The van der Waals surface area contributed by atoms with Crippen molar-refractivity contribution in [3.8, 4) is 6.07 Å². The van der Waals surface area contributed by atoms with E-state index in [1.54, 1.807) is 0 Å². The van der Waals surface area contributed by atoms with E-state index in [2.05, 4.69) is 27.9 Å². The number of nitrogens with zero attached hydrogens (tertiary/aromatic N) is 5. The monoisotopic (exact) mass is 290 g/mol. The van der Waals surface area contributed by atoms with Gasteiger partial charge in [0, 0.05) is 19.6 Å². The molecule has 1 aliphatic heterocycles. The molecule has 7 heteroatoms. The number of fused-ring (bicyclic) bond motifs is 1. The fourth-order valence-electron chi connectivity index (χ4n) is 2.99. The Bertz CT molecular complexity index is 729. The third kappa shape index (κ3) is 1.70. The summed E-state index contributed by atoms with van der Waals surface area (Å²) < 4.78 is 1.89. The molecule has 2 N–H and O–H groups in total. The summed E-state index contributed by atoms with van der Waals surface area (Å²) >= 11 is 5.88. The van der Waals surface area contributed by atoms with Crippen molar-refractivity contribution in [2.45, 2.75) is 25.8 Å². The number of aryl methyl sites for hydroxylation is 1. The zero-order valence-electron chi connectivity index (χ0n) is 11.4. The number of hydrogen-bond acceptors (Lipinski definition) is 5. The van der Waals surface area contributed by atoms with Crippen LogP contribution in [0, 0.1) is 11.3 Å². The first-order valence-corrected chi connectivity index (χ1v) is 6.90. The summed E-state index contributed by atoms with van der Waals surface area (Å²) in [5.41, 5.74) is 7.07. The fraction of sp³-hybridized carbons (Fsp3) is 0.462. The van der Waals surface area contributed by atoms with Crippen LogP contribution < -0.4 is 10.6 Å². The molecular formula is C13H15ClN6. The van der Waals surface area contributed by atoms with Crippen LogP contribution in [0.15, 0.2) is 0 Å². The highest BCUT2D eigenvalue weighted by molar-refractivity contribution is 6.28. The lowest BCUT2D eigenvalue weighted by Crippen LogP contribution is -2.28. The molecule has 0 saturated carbocycles. The highest BCUT2D eigenvalue weighted by Crippen LogP contribution is 2.36. The van der Waals surface area contributed by atoms with Gasteiger partial charge in [-0.1, -0.05) is 0 Å². The molecular weight excluding hydrogens is 276 g/mol. The standard InChI is InChI=1S/C13H15ClN6/c1-7-4-3-5-20(7)12-8(6-15)9-10(16)17-13(14)18-11(9)19(12)2/h7H,3-5H2,1-2H3,(H2,16,17,18)/t7-/m1/s1. The van der Waals surface area contributed by atoms with Crippen LogP contribution in [0.4, 0.5) is 11.6 Å². The summed E-state index contributed by atoms with van der Waals surface area (Å²) in [6.07, 6.45) is 2.24. The van der Waals surface area contributed by atoms with E-state index in [-0.39, 0.29) is 11.1 Å². The summed E-state index contributed by atoms with van der Waals surface area (Å²) in [5, 5.41) is 10.2. The number of anilines is 2. The van der Waals surface area contributed by atoms with Gasteiger partial charge in [0.2, 0.25) is 5.28 Å². The van der Waals surface area contributed by atoms with Gasteiger partial charge in [0.25, 0.3) is 0 Å². The Morgan fingerprint density at radius 3 is 2.80 bits per heavy atom. The summed E-state index contributed by atoms with van der Waals surface area (Å²) in [5.74, 6) is 1.11. The van der Waals surface area contributed by atoms with Crippen molar-refractivity contribution in [3.05, 3.63) is 10.8 Å². The molecule has 2 aromatic heterocycles. The average molecular weight is 291 g/mol. The quantitative estimate of drug-likeness (QED) is 0.813. The SMILES string of the molecule is C[C@@H]1CCCN1c1c(C#N)c2c(N)nc(Cl)nc2n1C. The maximum atomic E-state index is 9.54. The van der Waals surface area contributed by atoms with Crippen LogP contribution in [-0.4, -0.2) is 27.1 Å². The molecule has 0 aromatic carbocycles. The van der Waals surface area contributed by atoms with E-state index >= 15 is 0 Å². The Balaban J connectivity index is 2.35. The predicted octanol–water partition coefficient (Wildman–Crippen LogP) is 2.06. The number of hydrogen-bond donors (Lipinski definition) is 1. The van der Waals surface area contributed by atoms with E-state index < -0.39 is 0 Å². The van der Waals surface area contributed by atoms with Gasteiger partial charge < -0.3 is 15.2 Å². The van der Waals surface area contributed by atoms with Gasteiger partial charge in [-0.2, -0.15) is 10.2 Å². The maximum Gasteiger partial charge on any atom is 0.226 e. The Morgan fingerprint density at radius 1 is 1.45 bits per heavy atom. The fourth-order valence-corrected chi connectivity index (χ4v) is 3.16. The summed E-state index contributed by atoms with van der Waals surface area (Å²) in [6, 6.07) is 2.65. The van der Waals surface area contributed by atoms with E-state index in [0.717, 1.165) is 25.2 Å². The molecule has 3 rings (SSSR count). The lowest BCUT2D eigenvalue weighted by Gasteiger charge is -2.24. The normalized spacial score (nSPS) is 18.7. The highest BCUT2D eigenvalue weighted by atomic mass is 35.5. The number of halogens is 1. The van der Waals surface area contributed by atoms with Crippen LogP contribution in [0.5, 0.6) is 0 Å². The molecule has 6 nitrogen and oxygen atoms in total. The average Bonchev–Trinajstić information content (AvgIpc) is 2.92. The zero-order valence-corrected chi connectivity index (χ0v) is 12.1. The van der Waals surface area contributed by atoms with Gasteiger partial charge >= 0.3 is 0 Å². The van der Waals surface area contributed by atoms with E-state index in [1.807, 2.05) is 11.6 Å².